The molecule has 0 aromatic carbocycles. The summed E-state index contributed by atoms with van der Waals surface area (Å²) in [6.45, 7) is 11.1. The smallest absolute Gasteiger partial charge is 0.303 e. The average molecular weight is 312 g/mol. The molecule has 128 valence electrons. The number of aliphatic carboxylic acids is 1. The lowest BCUT2D eigenvalue weighted by molar-refractivity contribution is -0.295. The molecule has 22 heavy (non-hydrogen) atoms. The summed E-state index contributed by atoms with van der Waals surface area (Å²) in [6.07, 6.45) is 7.49. The van der Waals surface area contributed by atoms with Crippen LogP contribution in [0.15, 0.2) is 12.2 Å². The first-order chi connectivity index (χ1) is 10.2. The lowest BCUT2D eigenvalue weighted by atomic mass is 9.88. The van der Waals surface area contributed by atoms with Crippen LogP contribution in [0.5, 0.6) is 0 Å². The van der Waals surface area contributed by atoms with E-state index in [9.17, 15) is 4.79 Å². The lowest BCUT2D eigenvalue weighted by Crippen LogP contribution is -2.47. The predicted octanol–water partition coefficient (Wildman–Crippen LogP) is 4.25. The SMILES string of the molecule is CC[C@H](C)[C@H]1OC(C)(C)OC[C@@H]1/C=C/C[C@H](C)CCC(=O)O. The molecule has 1 fully saturated rings. The molecule has 1 N–H and O–H groups in total. The van der Waals surface area contributed by atoms with Gasteiger partial charge < -0.3 is 14.6 Å². The Hall–Kier alpha value is -0.870. The fourth-order valence-electron chi connectivity index (χ4n) is 2.75. The molecule has 1 rings (SSSR count). The van der Waals surface area contributed by atoms with Crippen LogP contribution in [0, 0.1) is 17.8 Å². The van der Waals surface area contributed by atoms with Crippen LogP contribution in [0.4, 0.5) is 0 Å². The van der Waals surface area contributed by atoms with Gasteiger partial charge in [0.15, 0.2) is 5.79 Å². The molecule has 1 aliphatic heterocycles. The monoisotopic (exact) mass is 312 g/mol. The van der Waals surface area contributed by atoms with Crippen LogP contribution < -0.4 is 0 Å². The Morgan fingerprint density at radius 3 is 2.68 bits per heavy atom. The number of carboxylic acid groups (broad SMARTS) is 1. The number of hydrogen-bond acceptors (Lipinski definition) is 3. The van der Waals surface area contributed by atoms with E-state index >= 15 is 0 Å². The van der Waals surface area contributed by atoms with Crippen molar-refractivity contribution < 1.29 is 19.4 Å². The summed E-state index contributed by atoms with van der Waals surface area (Å²) < 4.78 is 11.9. The van der Waals surface area contributed by atoms with Crippen molar-refractivity contribution in [2.75, 3.05) is 6.61 Å². The molecule has 0 saturated carbocycles. The third-order valence-electron chi connectivity index (χ3n) is 4.44. The number of rotatable bonds is 8. The van der Waals surface area contributed by atoms with Gasteiger partial charge in [-0.25, -0.2) is 0 Å². The normalized spacial score (nSPS) is 27.7. The van der Waals surface area contributed by atoms with Gasteiger partial charge in [0, 0.05) is 12.3 Å². The van der Waals surface area contributed by atoms with Crippen LogP contribution in [0.2, 0.25) is 0 Å². The standard InChI is InChI=1S/C18H32O4/c1-6-14(3)17-15(12-21-18(4,5)22-17)9-7-8-13(2)10-11-16(19)20/h7,9,13-15,17H,6,8,10-12H2,1-5H3,(H,19,20)/b9-7+/t13-,14-,15-,17+/m0/s1. The van der Waals surface area contributed by atoms with Gasteiger partial charge in [-0.3, -0.25) is 4.79 Å². The maximum Gasteiger partial charge on any atom is 0.303 e. The number of carboxylic acids is 1. The van der Waals surface area contributed by atoms with Crippen molar-refractivity contribution in [3.63, 3.8) is 0 Å². The maximum absolute atomic E-state index is 10.6. The van der Waals surface area contributed by atoms with E-state index in [4.69, 9.17) is 14.6 Å². The summed E-state index contributed by atoms with van der Waals surface area (Å²) in [6, 6.07) is 0. The minimum atomic E-state index is -0.719. The van der Waals surface area contributed by atoms with Gasteiger partial charge in [0.05, 0.1) is 12.7 Å². The van der Waals surface area contributed by atoms with Crippen LogP contribution in [-0.2, 0) is 14.3 Å². The topological polar surface area (TPSA) is 55.8 Å². The predicted molar refractivity (Wildman–Crippen MR) is 87.6 cm³/mol. The first-order valence-electron chi connectivity index (χ1n) is 8.45. The van der Waals surface area contributed by atoms with Gasteiger partial charge >= 0.3 is 5.97 Å². The van der Waals surface area contributed by atoms with Gasteiger partial charge in [-0.05, 0) is 38.5 Å². The fourth-order valence-corrected chi connectivity index (χ4v) is 2.75. The summed E-state index contributed by atoms with van der Waals surface area (Å²) in [5.41, 5.74) is 0. The molecule has 0 aromatic heterocycles. The molecule has 0 radical (unpaired) electrons. The quantitative estimate of drug-likeness (QED) is 0.681. The summed E-state index contributed by atoms with van der Waals surface area (Å²) in [7, 11) is 0. The molecule has 0 aliphatic carbocycles. The van der Waals surface area contributed by atoms with Crippen molar-refractivity contribution in [2.24, 2.45) is 17.8 Å². The molecule has 0 unspecified atom stereocenters. The van der Waals surface area contributed by atoms with Crippen LogP contribution in [0.1, 0.15) is 60.3 Å². The molecule has 0 aromatic rings. The second-order valence-corrected chi connectivity index (χ2v) is 7.04. The zero-order chi connectivity index (χ0) is 16.8. The summed E-state index contributed by atoms with van der Waals surface area (Å²) in [4.78, 5) is 10.6. The molecule has 0 amide bonds. The summed E-state index contributed by atoms with van der Waals surface area (Å²) in [5, 5.41) is 8.71. The summed E-state index contributed by atoms with van der Waals surface area (Å²) >= 11 is 0. The highest BCUT2D eigenvalue weighted by Gasteiger charge is 2.37. The highest BCUT2D eigenvalue weighted by atomic mass is 16.7. The van der Waals surface area contributed by atoms with E-state index in [0.29, 0.717) is 18.4 Å². The zero-order valence-electron chi connectivity index (χ0n) is 14.7. The Bertz CT molecular complexity index is 375. The molecular weight excluding hydrogens is 280 g/mol. The van der Waals surface area contributed by atoms with Crippen molar-refractivity contribution >= 4 is 5.97 Å². The van der Waals surface area contributed by atoms with Crippen LogP contribution in [0.3, 0.4) is 0 Å². The van der Waals surface area contributed by atoms with Gasteiger partial charge in [0.2, 0.25) is 0 Å². The van der Waals surface area contributed by atoms with E-state index in [1.54, 1.807) is 0 Å². The first-order valence-corrected chi connectivity index (χ1v) is 8.45. The van der Waals surface area contributed by atoms with Gasteiger partial charge in [-0.1, -0.05) is 39.3 Å². The third-order valence-corrected chi connectivity index (χ3v) is 4.44. The third kappa shape index (κ3) is 6.49. The molecule has 4 heteroatoms. The highest BCUT2D eigenvalue weighted by molar-refractivity contribution is 5.66. The maximum atomic E-state index is 10.6. The van der Waals surface area contributed by atoms with Crippen LogP contribution in [-0.4, -0.2) is 29.6 Å². The Labute approximate surface area is 134 Å². The van der Waals surface area contributed by atoms with Crippen molar-refractivity contribution in [3.8, 4) is 0 Å². The molecule has 1 heterocycles. The van der Waals surface area contributed by atoms with E-state index in [2.05, 4.69) is 32.9 Å². The van der Waals surface area contributed by atoms with Gasteiger partial charge in [0.1, 0.15) is 0 Å². The Morgan fingerprint density at radius 2 is 2.09 bits per heavy atom. The van der Waals surface area contributed by atoms with Crippen molar-refractivity contribution in [2.45, 2.75) is 72.2 Å². The van der Waals surface area contributed by atoms with Crippen molar-refractivity contribution in [3.05, 3.63) is 12.2 Å². The van der Waals surface area contributed by atoms with Crippen LogP contribution in [0.25, 0.3) is 0 Å². The average Bonchev–Trinajstić information content (AvgIpc) is 2.45. The molecule has 1 aliphatic rings. The number of carbonyl (C=O) groups is 1. The molecule has 4 nitrogen and oxygen atoms in total. The lowest BCUT2D eigenvalue weighted by Gasteiger charge is -2.42. The number of allylic oxidation sites excluding steroid dienone is 1. The van der Waals surface area contributed by atoms with E-state index in [1.807, 2.05) is 13.8 Å². The Balaban J connectivity index is 2.54. The largest absolute Gasteiger partial charge is 0.481 e. The van der Waals surface area contributed by atoms with E-state index in [-0.39, 0.29) is 18.4 Å². The van der Waals surface area contributed by atoms with Crippen molar-refractivity contribution in [1.82, 2.24) is 0 Å². The Morgan fingerprint density at radius 1 is 1.41 bits per heavy atom. The fraction of sp³-hybridized carbons (Fsp3) is 0.833. The molecular formula is C18H32O4. The second kappa shape index (κ2) is 8.68. The minimum absolute atomic E-state index is 0.180. The number of ether oxygens (including phenoxy) is 2. The number of hydrogen-bond donors (Lipinski definition) is 1. The summed E-state index contributed by atoms with van der Waals surface area (Å²) in [5.74, 6) is -0.0788. The molecule has 4 atom stereocenters. The Kier molecular flexibility index (Phi) is 7.57. The van der Waals surface area contributed by atoms with E-state index in [0.717, 1.165) is 19.3 Å². The molecule has 0 spiro atoms. The first kappa shape index (κ1) is 19.2. The van der Waals surface area contributed by atoms with Crippen molar-refractivity contribution in [1.29, 1.82) is 0 Å². The highest BCUT2D eigenvalue weighted by Crippen LogP contribution is 2.32. The minimum Gasteiger partial charge on any atom is -0.481 e. The van der Waals surface area contributed by atoms with Gasteiger partial charge in [0.25, 0.3) is 0 Å². The van der Waals surface area contributed by atoms with E-state index in [1.165, 1.54) is 0 Å². The van der Waals surface area contributed by atoms with E-state index < -0.39 is 11.8 Å². The van der Waals surface area contributed by atoms with Gasteiger partial charge in [-0.2, -0.15) is 0 Å². The second-order valence-electron chi connectivity index (χ2n) is 7.04. The zero-order valence-corrected chi connectivity index (χ0v) is 14.7. The van der Waals surface area contributed by atoms with Gasteiger partial charge in [-0.15, -0.1) is 0 Å². The van der Waals surface area contributed by atoms with Crippen LogP contribution >= 0.6 is 0 Å². The molecule has 0 bridgehead atoms. The molecule has 1 saturated heterocycles.